The Morgan fingerprint density at radius 2 is 1.62 bits per heavy atom. The van der Waals surface area contributed by atoms with E-state index in [4.69, 9.17) is 4.74 Å². The van der Waals surface area contributed by atoms with E-state index in [0.717, 1.165) is 18.2 Å². The van der Waals surface area contributed by atoms with E-state index < -0.39 is 50.3 Å². The zero-order valence-corrected chi connectivity index (χ0v) is 11.4. The summed E-state index contributed by atoms with van der Waals surface area (Å²) in [5.74, 6) is -2.57. The smallest absolute Gasteiger partial charge is 0.419 e. The van der Waals surface area contributed by atoms with Gasteiger partial charge in [-0.15, -0.1) is 0 Å². The molecule has 0 radical (unpaired) electrons. The molecular weight excluding hydrogens is 340 g/mol. The van der Waals surface area contributed by atoms with Crippen LogP contribution < -0.4 is 4.74 Å². The average molecular weight is 346 g/mol. The van der Waals surface area contributed by atoms with Gasteiger partial charge in [-0.05, 0) is 24.3 Å². The van der Waals surface area contributed by atoms with Crippen molar-refractivity contribution in [1.82, 2.24) is 0 Å². The minimum atomic E-state index is -4.98. The number of non-ortho nitro benzene ring substituents is 1. The van der Waals surface area contributed by atoms with Gasteiger partial charge in [0.05, 0.1) is 21.5 Å². The molecular formula is C13H6F4N2O5. The third-order valence-electron chi connectivity index (χ3n) is 2.82. The predicted octanol–water partition coefficient (Wildman–Crippen LogP) is 4.45. The van der Waals surface area contributed by atoms with Crippen molar-refractivity contribution in [2.24, 2.45) is 0 Å². The van der Waals surface area contributed by atoms with Gasteiger partial charge in [-0.25, -0.2) is 4.39 Å². The van der Waals surface area contributed by atoms with Crippen LogP contribution in [0.1, 0.15) is 5.56 Å². The Hall–Kier alpha value is -3.24. The first-order chi connectivity index (χ1) is 11.1. The van der Waals surface area contributed by atoms with Gasteiger partial charge >= 0.3 is 11.9 Å². The van der Waals surface area contributed by atoms with Crippen molar-refractivity contribution >= 4 is 11.4 Å². The maximum Gasteiger partial charge on any atom is 0.419 e. The second-order valence-electron chi connectivity index (χ2n) is 4.41. The first-order valence-corrected chi connectivity index (χ1v) is 6.07. The highest BCUT2D eigenvalue weighted by Crippen LogP contribution is 2.37. The van der Waals surface area contributed by atoms with Gasteiger partial charge in [-0.2, -0.15) is 13.2 Å². The maximum absolute atomic E-state index is 13.2. The molecule has 0 aliphatic rings. The van der Waals surface area contributed by atoms with Crippen molar-refractivity contribution < 1.29 is 32.1 Å². The Morgan fingerprint density at radius 1 is 0.958 bits per heavy atom. The lowest BCUT2D eigenvalue weighted by molar-refractivity contribution is -0.394. The minimum Gasteiger partial charge on any atom is -0.450 e. The molecule has 0 saturated carbocycles. The molecule has 2 rings (SSSR count). The lowest BCUT2D eigenvalue weighted by Gasteiger charge is -2.11. The summed E-state index contributed by atoms with van der Waals surface area (Å²) in [5.41, 5.74) is -3.02. The fourth-order valence-corrected chi connectivity index (χ4v) is 1.76. The largest absolute Gasteiger partial charge is 0.450 e. The highest BCUT2D eigenvalue weighted by atomic mass is 19.4. The SMILES string of the molecule is O=[N+]([O-])c1ccc(Oc2ccc(F)c(C(F)(F)F)c2)c([N+](=O)[O-])c1. The van der Waals surface area contributed by atoms with E-state index in [2.05, 4.69) is 0 Å². The van der Waals surface area contributed by atoms with Gasteiger partial charge in [0.1, 0.15) is 11.6 Å². The summed E-state index contributed by atoms with van der Waals surface area (Å²) in [5, 5.41) is 21.5. The lowest BCUT2D eigenvalue weighted by Crippen LogP contribution is -2.08. The molecule has 0 aliphatic heterocycles. The number of nitrogens with zero attached hydrogens (tertiary/aromatic N) is 2. The summed E-state index contributed by atoms with van der Waals surface area (Å²) in [6.07, 6.45) is -4.98. The van der Waals surface area contributed by atoms with E-state index >= 15 is 0 Å². The highest BCUT2D eigenvalue weighted by Gasteiger charge is 2.34. The highest BCUT2D eigenvalue weighted by molar-refractivity contribution is 5.55. The van der Waals surface area contributed by atoms with Crippen LogP contribution in [0.3, 0.4) is 0 Å². The topological polar surface area (TPSA) is 95.5 Å². The number of alkyl halides is 3. The molecule has 2 aromatic rings. The third kappa shape index (κ3) is 3.56. The van der Waals surface area contributed by atoms with Gasteiger partial charge < -0.3 is 4.74 Å². The predicted molar refractivity (Wildman–Crippen MR) is 71.2 cm³/mol. The number of halogens is 4. The molecule has 0 aliphatic carbocycles. The molecule has 11 heteroatoms. The number of hydrogen-bond donors (Lipinski definition) is 0. The van der Waals surface area contributed by atoms with Gasteiger partial charge in [0.15, 0.2) is 0 Å². The molecule has 7 nitrogen and oxygen atoms in total. The third-order valence-corrected chi connectivity index (χ3v) is 2.82. The average Bonchev–Trinajstić information content (AvgIpc) is 2.48. The van der Waals surface area contributed by atoms with Crippen molar-refractivity contribution in [3.8, 4) is 11.5 Å². The fourth-order valence-electron chi connectivity index (χ4n) is 1.76. The zero-order valence-electron chi connectivity index (χ0n) is 11.4. The molecule has 24 heavy (non-hydrogen) atoms. The van der Waals surface area contributed by atoms with E-state index in [-0.39, 0.29) is 0 Å². The second-order valence-corrected chi connectivity index (χ2v) is 4.41. The summed E-state index contributed by atoms with van der Waals surface area (Å²) in [7, 11) is 0. The maximum atomic E-state index is 13.2. The molecule has 0 amide bonds. The standard InChI is InChI=1S/C13H6F4N2O5/c14-10-3-2-8(6-9(10)13(15,16)17)24-12-4-1-7(18(20)21)5-11(12)19(22)23/h1-6H. The Kier molecular flexibility index (Phi) is 4.35. The van der Waals surface area contributed by atoms with Crippen LogP contribution in [0.2, 0.25) is 0 Å². The van der Waals surface area contributed by atoms with Gasteiger partial charge in [0.25, 0.3) is 5.69 Å². The van der Waals surface area contributed by atoms with Gasteiger partial charge in [0.2, 0.25) is 5.75 Å². The van der Waals surface area contributed by atoms with Crippen LogP contribution in [-0.2, 0) is 6.18 Å². The van der Waals surface area contributed by atoms with Crippen molar-refractivity contribution in [1.29, 1.82) is 0 Å². The van der Waals surface area contributed by atoms with Gasteiger partial charge in [-0.3, -0.25) is 20.2 Å². The molecule has 0 heterocycles. The molecule has 0 atom stereocenters. The van der Waals surface area contributed by atoms with E-state index in [1.807, 2.05) is 0 Å². The number of ether oxygens (including phenoxy) is 1. The summed E-state index contributed by atoms with van der Waals surface area (Å²) in [6, 6.07) is 4.03. The van der Waals surface area contributed by atoms with Crippen molar-refractivity contribution in [2.45, 2.75) is 6.18 Å². The monoisotopic (exact) mass is 346 g/mol. The van der Waals surface area contributed by atoms with Crippen LogP contribution in [0.25, 0.3) is 0 Å². The normalized spacial score (nSPS) is 11.2. The summed E-state index contributed by atoms with van der Waals surface area (Å²) >= 11 is 0. The molecule has 2 aromatic carbocycles. The van der Waals surface area contributed by atoms with Crippen LogP contribution in [0, 0.1) is 26.0 Å². The Balaban J connectivity index is 2.45. The fraction of sp³-hybridized carbons (Fsp3) is 0.0769. The van der Waals surface area contributed by atoms with E-state index in [0.29, 0.717) is 18.2 Å². The van der Waals surface area contributed by atoms with Crippen molar-refractivity contribution in [2.75, 3.05) is 0 Å². The van der Waals surface area contributed by atoms with E-state index in [1.54, 1.807) is 0 Å². The second kappa shape index (κ2) is 6.10. The van der Waals surface area contributed by atoms with Crippen LogP contribution >= 0.6 is 0 Å². The molecule has 0 fully saturated rings. The number of rotatable bonds is 4. The first-order valence-electron chi connectivity index (χ1n) is 6.07. The number of nitro benzene ring substituents is 2. The Morgan fingerprint density at radius 3 is 2.17 bits per heavy atom. The number of hydrogen-bond acceptors (Lipinski definition) is 5. The number of nitro groups is 2. The van der Waals surface area contributed by atoms with Crippen molar-refractivity contribution in [3.05, 3.63) is 68.0 Å². The zero-order chi connectivity index (χ0) is 18.1. The molecule has 0 spiro atoms. The Labute approximate surface area is 130 Å². The van der Waals surface area contributed by atoms with E-state index in [9.17, 15) is 37.8 Å². The summed E-state index contributed by atoms with van der Waals surface area (Å²) in [6.45, 7) is 0. The molecule has 126 valence electrons. The van der Waals surface area contributed by atoms with Gasteiger partial charge in [-0.1, -0.05) is 0 Å². The van der Waals surface area contributed by atoms with Crippen LogP contribution in [0.15, 0.2) is 36.4 Å². The number of benzene rings is 2. The van der Waals surface area contributed by atoms with Crippen LogP contribution in [0.5, 0.6) is 11.5 Å². The Bertz CT molecular complexity index is 822. The lowest BCUT2D eigenvalue weighted by atomic mass is 10.2. The molecule has 0 N–H and O–H groups in total. The van der Waals surface area contributed by atoms with Crippen molar-refractivity contribution in [3.63, 3.8) is 0 Å². The van der Waals surface area contributed by atoms with Crippen LogP contribution in [-0.4, -0.2) is 9.85 Å². The first kappa shape index (κ1) is 17.1. The molecule has 0 saturated heterocycles. The molecule has 0 unspecified atom stereocenters. The van der Waals surface area contributed by atoms with Crippen LogP contribution in [0.4, 0.5) is 28.9 Å². The molecule has 0 bridgehead atoms. The summed E-state index contributed by atoms with van der Waals surface area (Å²) in [4.78, 5) is 19.7. The van der Waals surface area contributed by atoms with Gasteiger partial charge in [0, 0.05) is 6.07 Å². The molecule has 0 aromatic heterocycles. The van der Waals surface area contributed by atoms with E-state index in [1.165, 1.54) is 0 Å². The quantitative estimate of drug-likeness (QED) is 0.463. The minimum absolute atomic E-state index is 0.334. The summed E-state index contributed by atoms with van der Waals surface area (Å²) < 4.78 is 56.1.